The van der Waals surface area contributed by atoms with Gasteiger partial charge in [-0.05, 0) is 61.6 Å². The third-order valence-corrected chi connectivity index (χ3v) is 6.75. The number of halogens is 2. The van der Waals surface area contributed by atoms with Crippen molar-refractivity contribution in [1.29, 1.82) is 0 Å². The number of hydrogen-bond acceptors (Lipinski definition) is 4. The number of rotatable bonds is 4. The van der Waals surface area contributed by atoms with E-state index in [9.17, 15) is 4.79 Å². The Labute approximate surface area is 202 Å². The summed E-state index contributed by atoms with van der Waals surface area (Å²) in [4.78, 5) is 15.3. The summed E-state index contributed by atoms with van der Waals surface area (Å²) in [5.41, 5.74) is 2.02. The van der Waals surface area contributed by atoms with E-state index in [1.165, 1.54) is 0 Å². The molecule has 3 heterocycles. The molecule has 7 nitrogen and oxygen atoms in total. The number of carbonyl (C=O) groups is 1. The zero-order valence-corrected chi connectivity index (χ0v) is 19.6. The molecule has 1 fully saturated rings. The Morgan fingerprint density at radius 1 is 1.09 bits per heavy atom. The van der Waals surface area contributed by atoms with Crippen molar-refractivity contribution >= 4 is 29.2 Å². The molecule has 1 N–H and O–H groups in total. The van der Waals surface area contributed by atoms with Gasteiger partial charge in [0.25, 0.3) is 0 Å². The third kappa shape index (κ3) is 4.80. The van der Waals surface area contributed by atoms with Crippen LogP contribution in [0.4, 0.5) is 4.79 Å². The van der Waals surface area contributed by atoms with E-state index in [0.29, 0.717) is 29.7 Å². The fraction of sp³-hybridized carbons (Fsp3) is 0.375. The van der Waals surface area contributed by atoms with Crippen LogP contribution in [0.1, 0.15) is 54.7 Å². The number of urea groups is 1. The number of aromatic nitrogens is 3. The number of likely N-dealkylation sites (tertiary alicyclic amines) is 1. The van der Waals surface area contributed by atoms with Crippen molar-refractivity contribution < 1.29 is 9.53 Å². The van der Waals surface area contributed by atoms with Crippen molar-refractivity contribution in [2.75, 3.05) is 13.2 Å². The molecule has 33 heavy (non-hydrogen) atoms. The van der Waals surface area contributed by atoms with Gasteiger partial charge in [-0.25, -0.2) is 4.79 Å². The quantitative estimate of drug-likeness (QED) is 0.537. The van der Waals surface area contributed by atoms with Gasteiger partial charge in [-0.15, -0.1) is 10.2 Å². The van der Waals surface area contributed by atoms with Crippen molar-refractivity contribution in [3.8, 4) is 5.75 Å². The molecule has 2 amide bonds. The Bertz CT molecular complexity index is 1130. The summed E-state index contributed by atoms with van der Waals surface area (Å²) in [6.07, 6.45) is 5.14. The first-order valence-corrected chi connectivity index (χ1v) is 12.0. The van der Waals surface area contributed by atoms with Crippen LogP contribution in [-0.2, 0) is 6.54 Å². The molecule has 0 saturated carbocycles. The molecule has 0 radical (unpaired) electrons. The zero-order valence-electron chi connectivity index (χ0n) is 18.1. The Balaban J connectivity index is 1.34. The topological polar surface area (TPSA) is 72.3 Å². The van der Waals surface area contributed by atoms with Crippen molar-refractivity contribution in [3.05, 3.63) is 75.8 Å². The predicted octanol–water partition coefficient (Wildman–Crippen LogP) is 5.39. The van der Waals surface area contributed by atoms with Crippen LogP contribution in [0.3, 0.4) is 0 Å². The molecule has 5 rings (SSSR count). The summed E-state index contributed by atoms with van der Waals surface area (Å²) in [6, 6.07) is 12.9. The van der Waals surface area contributed by atoms with Gasteiger partial charge in [-0.2, -0.15) is 0 Å². The smallest absolute Gasteiger partial charge is 0.318 e. The summed E-state index contributed by atoms with van der Waals surface area (Å²) < 4.78 is 7.86. The van der Waals surface area contributed by atoms with E-state index in [1.807, 2.05) is 51.9 Å². The fourth-order valence-corrected chi connectivity index (χ4v) is 4.95. The lowest BCUT2D eigenvalue weighted by Crippen LogP contribution is -2.41. The van der Waals surface area contributed by atoms with Gasteiger partial charge in [0.1, 0.15) is 12.1 Å². The van der Waals surface area contributed by atoms with E-state index in [4.69, 9.17) is 27.9 Å². The van der Waals surface area contributed by atoms with Gasteiger partial charge in [0.15, 0.2) is 5.82 Å². The second-order valence-corrected chi connectivity index (χ2v) is 9.34. The van der Waals surface area contributed by atoms with Crippen LogP contribution in [0, 0.1) is 0 Å². The van der Waals surface area contributed by atoms with Gasteiger partial charge >= 0.3 is 6.03 Å². The van der Waals surface area contributed by atoms with E-state index in [1.54, 1.807) is 6.33 Å². The lowest BCUT2D eigenvalue weighted by Gasteiger charge is -2.28. The highest BCUT2D eigenvalue weighted by atomic mass is 35.5. The number of ether oxygens (including phenoxy) is 1. The van der Waals surface area contributed by atoms with Gasteiger partial charge in [-0.1, -0.05) is 35.3 Å². The van der Waals surface area contributed by atoms with E-state index < -0.39 is 0 Å². The Kier molecular flexibility index (Phi) is 6.42. The SMILES string of the molecule is O=C(N[C@@H]1CCCOc2ccc(Cl)cc21)N1CCC[C@@H]1c1nncn1Cc1ccc(Cl)cc1. The van der Waals surface area contributed by atoms with Gasteiger partial charge in [0, 0.05) is 22.2 Å². The first-order chi connectivity index (χ1) is 16.1. The first-order valence-electron chi connectivity index (χ1n) is 11.2. The summed E-state index contributed by atoms with van der Waals surface area (Å²) in [7, 11) is 0. The highest BCUT2D eigenvalue weighted by Gasteiger charge is 2.35. The van der Waals surface area contributed by atoms with Crippen LogP contribution < -0.4 is 10.1 Å². The van der Waals surface area contributed by atoms with Gasteiger partial charge in [-0.3, -0.25) is 0 Å². The molecule has 1 aromatic heterocycles. The molecule has 2 atom stereocenters. The number of fused-ring (bicyclic) bond motifs is 1. The highest BCUT2D eigenvalue weighted by molar-refractivity contribution is 6.30. The molecule has 1 saturated heterocycles. The zero-order chi connectivity index (χ0) is 22.8. The molecular formula is C24H25Cl2N5O2. The highest BCUT2D eigenvalue weighted by Crippen LogP contribution is 2.35. The van der Waals surface area contributed by atoms with Crippen molar-refractivity contribution in [3.63, 3.8) is 0 Å². The van der Waals surface area contributed by atoms with Crippen LogP contribution >= 0.6 is 23.2 Å². The average Bonchev–Trinajstić information content (AvgIpc) is 3.43. The van der Waals surface area contributed by atoms with Crippen LogP contribution in [0.25, 0.3) is 0 Å². The lowest BCUT2D eigenvalue weighted by molar-refractivity contribution is 0.185. The standard InChI is InChI=1S/C24H25Cl2N5O2/c25-17-7-5-16(6-8-17)14-30-15-27-29-23(30)21-4-1-11-31(21)24(32)28-20-3-2-12-33-22-10-9-18(26)13-19(20)22/h5-10,13,15,20-21H,1-4,11-12,14H2,(H,28,32)/t20-,21-/m1/s1. The molecule has 2 aliphatic heterocycles. The fourth-order valence-electron chi connectivity index (χ4n) is 4.64. The van der Waals surface area contributed by atoms with Crippen LogP contribution in [0.2, 0.25) is 10.0 Å². The third-order valence-electron chi connectivity index (χ3n) is 6.26. The number of carbonyl (C=O) groups excluding carboxylic acids is 1. The maximum atomic E-state index is 13.4. The number of benzene rings is 2. The molecule has 0 unspecified atom stereocenters. The van der Waals surface area contributed by atoms with Gasteiger partial charge in [0.05, 0.1) is 25.2 Å². The Morgan fingerprint density at radius 2 is 1.91 bits per heavy atom. The van der Waals surface area contributed by atoms with E-state index in [2.05, 4.69) is 15.5 Å². The second-order valence-electron chi connectivity index (χ2n) is 8.47. The summed E-state index contributed by atoms with van der Waals surface area (Å²) in [5.74, 6) is 1.58. The molecule has 0 bridgehead atoms. The van der Waals surface area contributed by atoms with Crippen molar-refractivity contribution in [2.24, 2.45) is 0 Å². The minimum absolute atomic E-state index is 0.101. The van der Waals surface area contributed by atoms with Gasteiger partial charge < -0.3 is 19.5 Å². The maximum Gasteiger partial charge on any atom is 0.318 e. The normalized spacial score (nSPS) is 20.1. The number of nitrogens with one attached hydrogen (secondary N) is 1. The first kappa shape index (κ1) is 22.0. The second kappa shape index (κ2) is 9.61. The summed E-state index contributed by atoms with van der Waals surface area (Å²) >= 11 is 12.3. The van der Waals surface area contributed by atoms with E-state index >= 15 is 0 Å². The molecular weight excluding hydrogens is 461 g/mol. The lowest BCUT2D eigenvalue weighted by atomic mass is 10.0. The summed E-state index contributed by atoms with van der Waals surface area (Å²) in [5, 5.41) is 13.1. The molecule has 2 aliphatic rings. The largest absolute Gasteiger partial charge is 0.493 e. The van der Waals surface area contributed by atoms with E-state index in [-0.39, 0.29) is 18.1 Å². The number of hydrogen-bond donors (Lipinski definition) is 1. The Hall–Kier alpha value is -2.77. The minimum Gasteiger partial charge on any atom is -0.493 e. The summed E-state index contributed by atoms with van der Waals surface area (Å²) in [6.45, 7) is 1.92. The molecule has 3 aromatic rings. The minimum atomic E-state index is -0.151. The predicted molar refractivity (Wildman–Crippen MR) is 127 cm³/mol. The number of amides is 2. The molecule has 0 aliphatic carbocycles. The average molecular weight is 486 g/mol. The molecule has 2 aromatic carbocycles. The molecule has 0 spiro atoms. The van der Waals surface area contributed by atoms with Crippen LogP contribution in [0.5, 0.6) is 5.75 Å². The number of nitrogens with zero attached hydrogens (tertiary/aromatic N) is 4. The van der Waals surface area contributed by atoms with Crippen LogP contribution in [0.15, 0.2) is 48.8 Å². The van der Waals surface area contributed by atoms with Gasteiger partial charge in [0.2, 0.25) is 0 Å². The van der Waals surface area contributed by atoms with Crippen LogP contribution in [-0.4, -0.2) is 38.8 Å². The van der Waals surface area contributed by atoms with Crippen molar-refractivity contribution in [1.82, 2.24) is 25.0 Å². The molecule has 172 valence electrons. The van der Waals surface area contributed by atoms with E-state index in [0.717, 1.165) is 48.4 Å². The van der Waals surface area contributed by atoms with Crippen molar-refractivity contribution in [2.45, 2.75) is 44.3 Å². The monoisotopic (exact) mass is 485 g/mol. The maximum absolute atomic E-state index is 13.4. The molecule has 9 heteroatoms. The Morgan fingerprint density at radius 3 is 2.76 bits per heavy atom.